The van der Waals surface area contributed by atoms with Crippen molar-refractivity contribution < 1.29 is 4.79 Å². The minimum absolute atomic E-state index is 0.514. The maximum atomic E-state index is 10.3. The highest BCUT2D eigenvalue weighted by atomic mass is 35.5. The van der Waals surface area contributed by atoms with Gasteiger partial charge in [-0.15, -0.1) is 0 Å². The highest BCUT2D eigenvalue weighted by Gasteiger charge is 2.06. The first-order valence-corrected chi connectivity index (χ1v) is 5.15. The molecule has 0 aliphatic rings. The first kappa shape index (κ1) is 10.2. The van der Waals surface area contributed by atoms with Gasteiger partial charge in [0, 0.05) is 18.9 Å². The number of hydrogen-bond donors (Lipinski definition) is 0. The molecule has 0 unspecified atom stereocenters. The summed E-state index contributed by atoms with van der Waals surface area (Å²) >= 11 is 5.98. The van der Waals surface area contributed by atoms with E-state index in [9.17, 15) is 4.79 Å². The number of benzene rings is 1. The number of hydrogen-bond acceptors (Lipinski definition) is 2. The van der Waals surface area contributed by atoms with E-state index in [-0.39, 0.29) is 0 Å². The molecular weight excluding hydrogens is 212 g/mol. The second-order valence-electron chi connectivity index (χ2n) is 3.47. The summed E-state index contributed by atoms with van der Waals surface area (Å²) in [5.74, 6) is 0. The molecule has 2 aromatic rings. The van der Waals surface area contributed by atoms with Crippen LogP contribution in [-0.4, -0.2) is 16.1 Å². The van der Waals surface area contributed by atoms with E-state index in [1.165, 1.54) is 0 Å². The minimum atomic E-state index is 0.514. The van der Waals surface area contributed by atoms with Crippen LogP contribution < -0.4 is 0 Å². The van der Waals surface area contributed by atoms with Crippen molar-refractivity contribution in [3.05, 3.63) is 28.9 Å². The monoisotopic (exact) mass is 222 g/mol. The van der Waals surface area contributed by atoms with E-state index in [0.717, 1.165) is 29.2 Å². The SMILES string of the molecule is Cn1nc(Cl)c2cc(CCC=O)ccc21. The van der Waals surface area contributed by atoms with E-state index in [4.69, 9.17) is 11.6 Å². The molecule has 0 spiro atoms. The largest absolute Gasteiger partial charge is 0.303 e. The molecule has 0 saturated carbocycles. The molecule has 0 aliphatic heterocycles. The lowest BCUT2D eigenvalue weighted by molar-refractivity contribution is -0.107. The van der Waals surface area contributed by atoms with Crippen LogP contribution in [0.1, 0.15) is 12.0 Å². The van der Waals surface area contributed by atoms with Gasteiger partial charge in [-0.2, -0.15) is 5.10 Å². The van der Waals surface area contributed by atoms with E-state index in [2.05, 4.69) is 5.10 Å². The Bertz CT molecular complexity index is 505. The Kier molecular flexibility index (Phi) is 2.73. The maximum absolute atomic E-state index is 10.3. The van der Waals surface area contributed by atoms with Gasteiger partial charge < -0.3 is 4.79 Å². The number of aromatic nitrogens is 2. The summed E-state index contributed by atoms with van der Waals surface area (Å²) in [5, 5.41) is 5.59. The van der Waals surface area contributed by atoms with Gasteiger partial charge in [-0.3, -0.25) is 4.68 Å². The van der Waals surface area contributed by atoms with E-state index in [1.807, 2.05) is 25.2 Å². The molecule has 4 heteroatoms. The molecule has 78 valence electrons. The number of aryl methyl sites for hydroxylation is 2. The molecule has 0 aliphatic carbocycles. The van der Waals surface area contributed by atoms with Crippen LogP contribution in [0.3, 0.4) is 0 Å². The Morgan fingerprint density at radius 2 is 2.33 bits per heavy atom. The summed E-state index contributed by atoms with van der Waals surface area (Å²) in [4.78, 5) is 10.3. The van der Waals surface area contributed by atoms with E-state index in [1.54, 1.807) is 4.68 Å². The zero-order valence-corrected chi connectivity index (χ0v) is 9.16. The van der Waals surface area contributed by atoms with Gasteiger partial charge >= 0.3 is 0 Å². The average Bonchev–Trinajstić information content (AvgIpc) is 2.52. The minimum Gasteiger partial charge on any atom is -0.303 e. The summed E-state index contributed by atoms with van der Waals surface area (Å²) < 4.78 is 1.75. The van der Waals surface area contributed by atoms with Crippen LogP contribution in [0.2, 0.25) is 5.15 Å². The fourth-order valence-electron chi connectivity index (χ4n) is 1.65. The van der Waals surface area contributed by atoms with Crippen LogP contribution in [0.15, 0.2) is 18.2 Å². The first-order valence-electron chi connectivity index (χ1n) is 4.77. The van der Waals surface area contributed by atoms with Crippen molar-refractivity contribution in [2.24, 2.45) is 7.05 Å². The fourth-order valence-corrected chi connectivity index (χ4v) is 1.92. The van der Waals surface area contributed by atoms with Crippen molar-refractivity contribution in [1.29, 1.82) is 0 Å². The van der Waals surface area contributed by atoms with Gasteiger partial charge in [-0.05, 0) is 24.1 Å². The molecule has 0 amide bonds. The Morgan fingerprint density at radius 3 is 3.07 bits per heavy atom. The Hall–Kier alpha value is -1.35. The summed E-state index contributed by atoms with van der Waals surface area (Å²) in [6, 6.07) is 5.98. The normalized spacial score (nSPS) is 10.8. The fraction of sp³-hybridized carbons (Fsp3) is 0.273. The third-order valence-electron chi connectivity index (χ3n) is 2.42. The summed E-state index contributed by atoms with van der Waals surface area (Å²) in [6.07, 6.45) is 2.23. The molecule has 0 atom stereocenters. The molecule has 0 saturated heterocycles. The van der Waals surface area contributed by atoms with Gasteiger partial charge in [0.05, 0.1) is 5.52 Å². The number of carbonyl (C=O) groups is 1. The maximum Gasteiger partial charge on any atom is 0.158 e. The predicted octanol–water partition coefficient (Wildman–Crippen LogP) is 2.36. The van der Waals surface area contributed by atoms with Crippen LogP contribution >= 0.6 is 11.6 Å². The number of fused-ring (bicyclic) bond motifs is 1. The van der Waals surface area contributed by atoms with Crippen molar-refractivity contribution in [2.45, 2.75) is 12.8 Å². The van der Waals surface area contributed by atoms with E-state index < -0.39 is 0 Å². The summed E-state index contributed by atoms with van der Waals surface area (Å²) in [7, 11) is 1.86. The lowest BCUT2D eigenvalue weighted by Crippen LogP contribution is -1.89. The molecule has 0 fully saturated rings. The second-order valence-corrected chi connectivity index (χ2v) is 3.83. The van der Waals surface area contributed by atoms with Crippen LogP contribution in [0.4, 0.5) is 0 Å². The van der Waals surface area contributed by atoms with Gasteiger partial charge in [-0.25, -0.2) is 0 Å². The highest BCUT2D eigenvalue weighted by Crippen LogP contribution is 2.23. The van der Waals surface area contributed by atoms with Crippen molar-refractivity contribution >= 4 is 28.8 Å². The van der Waals surface area contributed by atoms with Crippen LogP contribution in [0.25, 0.3) is 10.9 Å². The molecule has 1 heterocycles. The standard InChI is InChI=1S/C11H11ClN2O/c1-14-10-5-4-8(3-2-6-15)7-9(10)11(12)13-14/h4-7H,2-3H2,1H3. The Balaban J connectivity index is 2.45. The van der Waals surface area contributed by atoms with Crippen molar-refractivity contribution in [3.63, 3.8) is 0 Å². The second kappa shape index (κ2) is 4.03. The number of carbonyl (C=O) groups excluding carboxylic acids is 1. The van der Waals surface area contributed by atoms with Crippen molar-refractivity contribution in [3.8, 4) is 0 Å². The Morgan fingerprint density at radius 1 is 1.53 bits per heavy atom. The van der Waals surface area contributed by atoms with Crippen LogP contribution in [-0.2, 0) is 18.3 Å². The third-order valence-corrected chi connectivity index (χ3v) is 2.70. The number of rotatable bonds is 3. The van der Waals surface area contributed by atoms with Gasteiger partial charge in [0.25, 0.3) is 0 Å². The van der Waals surface area contributed by atoms with Crippen LogP contribution in [0.5, 0.6) is 0 Å². The van der Waals surface area contributed by atoms with E-state index >= 15 is 0 Å². The average molecular weight is 223 g/mol. The molecule has 0 N–H and O–H groups in total. The zero-order chi connectivity index (χ0) is 10.8. The quantitative estimate of drug-likeness (QED) is 0.748. The number of nitrogens with zero attached hydrogens (tertiary/aromatic N) is 2. The number of aldehydes is 1. The first-order chi connectivity index (χ1) is 7.22. The number of halogens is 1. The van der Waals surface area contributed by atoms with Crippen LogP contribution in [0, 0.1) is 0 Å². The molecule has 2 rings (SSSR count). The van der Waals surface area contributed by atoms with Gasteiger partial charge in [0.2, 0.25) is 0 Å². The molecule has 1 aromatic carbocycles. The van der Waals surface area contributed by atoms with Crippen molar-refractivity contribution in [1.82, 2.24) is 9.78 Å². The smallest absolute Gasteiger partial charge is 0.158 e. The zero-order valence-electron chi connectivity index (χ0n) is 8.40. The molecule has 1 aromatic heterocycles. The van der Waals surface area contributed by atoms with Gasteiger partial charge in [0.1, 0.15) is 6.29 Å². The lowest BCUT2D eigenvalue weighted by atomic mass is 10.1. The molecule has 0 radical (unpaired) electrons. The third kappa shape index (κ3) is 1.88. The van der Waals surface area contributed by atoms with Gasteiger partial charge in [0.15, 0.2) is 5.15 Å². The van der Waals surface area contributed by atoms with Crippen molar-refractivity contribution in [2.75, 3.05) is 0 Å². The molecule has 3 nitrogen and oxygen atoms in total. The summed E-state index contributed by atoms with van der Waals surface area (Å²) in [5.41, 5.74) is 2.12. The predicted molar refractivity (Wildman–Crippen MR) is 60.1 cm³/mol. The lowest BCUT2D eigenvalue weighted by Gasteiger charge is -1.98. The van der Waals surface area contributed by atoms with E-state index in [0.29, 0.717) is 11.6 Å². The molecular formula is C11H11ClN2O. The Labute approximate surface area is 92.6 Å². The highest BCUT2D eigenvalue weighted by molar-refractivity contribution is 6.34. The summed E-state index contributed by atoms with van der Waals surface area (Å²) in [6.45, 7) is 0. The topological polar surface area (TPSA) is 34.9 Å². The molecule has 15 heavy (non-hydrogen) atoms. The molecule has 0 bridgehead atoms. The van der Waals surface area contributed by atoms with Gasteiger partial charge in [-0.1, -0.05) is 17.7 Å².